The van der Waals surface area contributed by atoms with Crippen molar-refractivity contribution >= 4 is 23.6 Å². The van der Waals surface area contributed by atoms with Gasteiger partial charge in [0.25, 0.3) is 11.8 Å². The van der Waals surface area contributed by atoms with Crippen LogP contribution in [0.15, 0.2) is 18.2 Å². The molecule has 9 heteroatoms. The van der Waals surface area contributed by atoms with Gasteiger partial charge in [-0.2, -0.15) is 0 Å². The molecule has 4 amide bonds. The maximum Gasteiger partial charge on any atom is 0.255 e. The first-order valence-electron chi connectivity index (χ1n) is 13.3. The lowest BCUT2D eigenvalue weighted by Crippen LogP contribution is -2.52. The number of hydrogen-bond acceptors (Lipinski definition) is 6. The summed E-state index contributed by atoms with van der Waals surface area (Å²) in [6.07, 6.45) is 7.52. The van der Waals surface area contributed by atoms with Crippen LogP contribution in [0.1, 0.15) is 80.1 Å². The number of amides is 4. The van der Waals surface area contributed by atoms with E-state index >= 15 is 0 Å². The second-order valence-corrected chi connectivity index (χ2v) is 10.6. The van der Waals surface area contributed by atoms with Gasteiger partial charge in [-0.3, -0.25) is 24.5 Å². The van der Waals surface area contributed by atoms with Gasteiger partial charge in [0.05, 0.1) is 6.04 Å². The van der Waals surface area contributed by atoms with Gasteiger partial charge in [0.15, 0.2) is 0 Å². The molecule has 0 aromatic heterocycles. The summed E-state index contributed by atoms with van der Waals surface area (Å²) in [6.45, 7) is 1.25. The van der Waals surface area contributed by atoms with E-state index in [4.69, 9.17) is 4.74 Å². The van der Waals surface area contributed by atoms with Crippen LogP contribution in [0.25, 0.3) is 0 Å². The summed E-state index contributed by atoms with van der Waals surface area (Å²) in [5.41, 5.74) is 1.32. The number of aliphatic hydroxyl groups is 1. The van der Waals surface area contributed by atoms with Gasteiger partial charge in [0.2, 0.25) is 11.8 Å². The molecule has 0 spiro atoms. The quantitative estimate of drug-likeness (QED) is 0.582. The summed E-state index contributed by atoms with van der Waals surface area (Å²) in [6, 6.07) is 4.54. The number of rotatable bonds is 6. The number of hydrogen-bond donors (Lipinski definition) is 2. The average Bonchev–Trinajstić information content (AvgIpc) is 3.22. The van der Waals surface area contributed by atoms with Gasteiger partial charge in [-0.25, -0.2) is 0 Å². The predicted molar refractivity (Wildman–Crippen MR) is 130 cm³/mol. The Balaban J connectivity index is 1.21. The van der Waals surface area contributed by atoms with Gasteiger partial charge < -0.3 is 19.6 Å². The molecule has 1 aromatic rings. The lowest BCUT2D eigenvalue weighted by Gasteiger charge is -2.38. The molecule has 2 saturated heterocycles. The number of imide groups is 1. The number of likely N-dealkylation sites (tertiary alicyclic amines) is 1. The van der Waals surface area contributed by atoms with Crippen molar-refractivity contribution in [3.8, 4) is 5.75 Å². The van der Waals surface area contributed by atoms with Crippen LogP contribution in [-0.2, 0) is 20.9 Å². The Morgan fingerprint density at radius 2 is 1.83 bits per heavy atom. The molecule has 2 N–H and O–H groups in total. The number of fused-ring (bicyclic) bond motifs is 1. The number of carbonyl (C=O) groups is 4. The summed E-state index contributed by atoms with van der Waals surface area (Å²) < 4.78 is 6.10. The lowest BCUT2D eigenvalue weighted by atomic mass is 9.84. The fraction of sp³-hybridized carbons (Fsp3) is 0.630. The first-order chi connectivity index (χ1) is 17.4. The van der Waals surface area contributed by atoms with E-state index in [1.807, 2.05) is 11.0 Å². The van der Waals surface area contributed by atoms with Crippen LogP contribution in [0, 0.1) is 5.92 Å². The number of piperidine rings is 2. The Bertz CT molecular complexity index is 1040. The zero-order valence-electron chi connectivity index (χ0n) is 20.6. The van der Waals surface area contributed by atoms with Gasteiger partial charge in [-0.15, -0.1) is 0 Å². The van der Waals surface area contributed by atoms with E-state index in [-0.39, 0.29) is 36.1 Å². The van der Waals surface area contributed by atoms with E-state index in [2.05, 4.69) is 5.32 Å². The van der Waals surface area contributed by atoms with Crippen molar-refractivity contribution in [2.24, 2.45) is 5.92 Å². The van der Waals surface area contributed by atoms with Crippen LogP contribution in [0.2, 0.25) is 0 Å². The van der Waals surface area contributed by atoms with Crippen molar-refractivity contribution < 1.29 is 29.0 Å². The molecule has 3 atom stereocenters. The number of carbonyl (C=O) groups excluding carboxylic acids is 4. The molecular formula is C27H35N3O6. The Labute approximate surface area is 211 Å². The molecule has 36 heavy (non-hydrogen) atoms. The first kappa shape index (κ1) is 24.7. The zero-order chi connectivity index (χ0) is 25.2. The fourth-order valence-electron chi connectivity index (χ4n) is 6.12. The second kappa shape index (κ2) is 10.6. The number of ether oxygens (including phenoxy) is 1. The highest BCUT2D eigenvalue weighted by atomic mass is 16.5. The maximum absolute atomic E-state index is 13.2. The smallest absolute Gasteiger partial charge is 0.255 e. The standard InChI is InChI=1S/C27H35N3O6/c31-23-12-11-22(25(33)28-23)30-15-18-14-20(9-10-21(18)26(30)34)36-16-19-8-4-5-13-29(19)27(35)24(32)17-6-2-1-3-7-17/h9-10,14,17,19,22,24,32H,1-8,11-13,15-16H2,(H,28,31,33)/t19-,22?,24-/m0/s1. The first-order valence-corrected chi connectivity index (χ1v) is 13.3. The molecule has 194 valence electrons. The Morgan fingerprint density at radius 3 is 2.61 bits per heavy atom. The number of benzene rings is 1. The van der Waals surface area contributed by atoms with Gasteiger partial charge in [0.1, 0.15) is 24.5 Å². The van der Waals surface area contributed by atoms with Gasteiger partial charge in [-0.1, -0.05) is 19.3 Å². The summed E-state index contributed by atoms with van der Waals surface area (Å²) >= 11 is 0. The zero-order valence-corrected chi connectivity index (χ0v) is 20.6. The third-order valence-electron chi connectivity index (χ3n) is 8.20. The van der Waals surface area contributed by atoms with E-state index < -0.39 is 18.1 Å². The van der Waals surface area contributed by atoms with E-state index in [0.717, 1.165) is 50.5 Å². The van der Waals surface area contributed by atoms with Crippen LogP contribution < -0.4 is 10.1 Å². The lowest BCUT2D eigenvalue weighted by molar-refractivity contribution is -0.148. The SMILES string of the molecule is O=C1CCC(N2Cc3cc(OC[C@@H]4CCCCN4C(=O)[C@@H](O)C4CCCCC4)ccc3C2=O)C(=O)N1. The van der Waals surface area contributed by atoms with Crippen molar-refractivity contribution in [3.63, 3.8) is 0 Å². The van der Waals surface area contributed by atoms with E-state index in [1.165, 1.54) is 11.3 Å². The van der Waals surface area contributed by atoms with Crippen LogP contribution in [0.3, 0.4) is 0 Å². The molecule has 0 bridgehead atoms. The molecule has 5 rings (SSSR count). The Hall–Kier alpha value is -2.94. The number of nitrogens with zero attached hydrogens (tertiary/aromatic N) is 2. The largest absolute Gasteiger partial charge is 0.491 e. The molecule has 1 aliphatic carbocycles. The molecule has 4 aliphatic rings. The predicted octanol–water partition coefficient (Wildman–Crippen LogP) is 2.15. The van der Waals surface area contributed by atoms with Gasteiger partial charge in [0, 0.05) is 25.1 Å². The minimum absolute atomic E-state index is 0.0521. The van der Waals surface area contributed by atoms with Crippen LogP contribution in [-0.4, -0.2) is 69.9 Å². The third-order valence-corrected chi connectivity index (χ3v) is 8.20. The molecule has 9 nitrogen and oxygen atoms in total. The summed E-state index contributed by atoms with van der Waals surface area (Å²) in [5, 5.41) is 13.1. The molecule has 0 radical (unpaired) electrons. The van der Waals surface area contributed by atoms with Gasteiger partial charge >= 0.3 is 0 Å². The molecule has 3 fully saturated rings. The molecule has 1 aromatic carbocycles. The van der Waals surface area contributed by atoms with Crippen LogP contribution in [0.4, 0.5) is 0 Å². The van der Waals surface area contributed by atoms with E-state index in [9.17, 15) is 24.3 Å². The normalized spacial score (nSPS) is 26.0. The minimum Gasteiger partial charge on any atom is -0.491 e. The monoisotopic (exact) mass is 497 g/mol. The van der Waals surface area contributed by atoms with Crippen LogP contribution >= 0.6 is 0 Å². The molecule has 3 heterocycles. The highest BCUT2D eigenvalue weighted by Crippen LogP contribution is 2.31. The Morgan fingerprint density at radius 1 is 1.06 bits per heavy atom. The fourth-order valence-corrected chi connectivity index (χ4v) is 6.12. The van der Waals surface area contributed by atoms with Crippen molar-refractivity contribution in [2.75, 3.05) is 13.2 Å². The second-order valence-electron chi connectivity index (χ2n) is 10.6. The summed E-state index contributed by atoms with van der Waals surface area (Å²) in [7, 11) is 0. The molecular weight excluding hydrogens is 462 g/mol. The van der Waals surface area contributed by atoms with Gasteiger partial charge in [-0.05, 0) is 68.2 Å². The molecule has 1 saturated carbocycles. The summed E-state index contributed by atoms with van der Waals surface area (Å²) in [4.78, 5) is 53.1. The summed E-state index contributed by atoms with van der Waals surface area (Å²) in [5.74, 6) is -0.464. The van der Waals surface area contributed by atoms with Crippen molar-refractivity contribution in [1.82, 2.24) is 15.1 Å². The van der Waals surface area contributed by atoms with Crippen molar-refractivity contribution in [2.45, 2.75) is 88.9 Å². The van der Waals surface area contributed by atoms with E-state index in [0.29, 0.717) is 37.4 Å². The molecule has 3 aliphatic heterocycles. The van der Waals surface area contributed by atoms with Crippen molar-refractivity contribution in [3.05, 3.63) is 29.3 Å². The highest BCUT2D eigenvalue weighted by molar-refractivity contribution is 6.05. The molecule has 1 unspecified atom stereocenters. The number of nitrogens with one attached hydrogen (secondary N) is 1. The highest BCUT2D eigenvalue weighted by Gasteiger charge is 2.39. The minimum atomic E-state index is -0.935. The maximum atomic E-state index is 13.2. The topological polar surface area (TPSA) is 116 Å². The third kappa shape index (κ3) is 4.98. The van der Waals surface area contributed by atoms with E-state index in [1.54, 1.807) is 12.1 Å². The average molecular weight is 498 g/mol. The number of aliphatic hydroxyl groups excluding tert-OH is 1. The van der Waals surface area contributed by atoms with Crippen LogP contribution in [0.5, 0.6) is 5.75 Å². The Kier molecular flexibility index (Phi) is 7.27. The van der Waals surface area contributed by atoms with Crippen molar-refractivity contribution in [1.29, 1.82) is 0 Å².